The number of hydrogen-bond acceptors (Lipinski definition) is 5. The first kappa shape index (κ1) is 15.3. The molecule has 4 rings (SSSR count). The van der Waals surface area contributed by atoms with Gasteiger partial charge < -0.3 is 5.32 Å². The van der Waals surface area contributed by atoms with E-state index in [1.807, 2.05) is 42.5 Å². The topological polar surface area (TPSA) is 77.2 Å². The van der Waals surface area contributed by atoms with Crippen LogP contribution in [-0.2, 0) is 0 Å². The number of carbonyl (C=O) groups is 1. The SMILES string of the molecule is O=C(NC(c1ccccc1)C1CC1)c1ccc(C2NNNN2)cc1. The third-order valence-corrected chi connectivity index (χ3v) is 4.54. The highest BCUT2D eigenvalue weighted by molar-refractivity contribution is 5.94. The van der Waals surface area contributed by atoms with Crippen LogP contribution in [0.2, 0.25) is 0 Å². The smallest absolute Gasteiger partial charge is 0.251 e. The highest BCUT2D eigenvalue weighted by Gasteiger charge is 2.33. The van der Waals surface area contributed by atoms with Crippen LogP contribution < -0.4 is 27.2 Å². The Hall–Kier alpha value is -2.25. The highest BCUT2D eigenvalue weighted by atomic mass is 16.1. The summed E-state index contributed by atoms with van der Waals surface area (Å²) in [5.74, 6) is 0.533. The summed E-state index contributed by atoms with van der Waals surface area (Å²) < 4.78 is 0. The molecule has 5 N–H and O–H groups in total. The van der Waals surface area contributed by atoms with Gasteiger partial charge in [-0.3, -0.25) is 4.79 Å². The van der Waals surface area contributed by atoms with Crippen LogP contribution >= 0.6 is 0 Å². The molecule has 24 heavy (non-hydrogen) atoms. The lowest BCUT2D eigenvalue weighted by Crippen LogP contribution is -2.33. The van der Waals surface area contributed by atoms with Crippen molar-refractivity contribution in [3.63, 3.8) is 0 Å². The van der Waals surface area contributed by atoms with E-state index in [-0.39, 0.29) is 18.1 Å². The van der Waals surface area contributed by atoms with Crippen LogP contribution in [0.5, 0.6) is 0 Å². The normalized spacial score (nSPS) is 19.2. The van der Waals surface area contributed by atoms with E-state index in [4.69, 9.17) is 0 Å². The zero-order chi connectivity index (χ0) is 16.4. The van der Waals surface area contributed by atoms with Crippen LogP contribution in [0.4, 0.5) is 0 Å². The maximum Gasteiger partial charge on any atom is 0.251 e. The Morgan fingerprint density at radius 3 is 2.25 bits per heavy atom. The molecule has 1 atom stereocenters. The second-order valence-corrected chi connectivity index (χ2v) is 6.29. The van der Waals surface area contributed by atoms with Crippen LogP contribution in [0.1, 0.15) is 46.5 Å². The van der Waals surface area contributed by atoms with E-state index in [1.165, 1.54) is 18.4 Å². The Bertz CT molecular complexity index is 693. The molecule has 124 valence electrons. The number of rotatable bonds is 5. The summed E-state index contributed by atoms with van der Waals surface area (Å²) in [6, 6.07) is 17.9. The Balaban J connectivity index is 1.46. The molecule has 2 aliphatic rings. The molecule has 1 heterocycles. The molecule has 0 bridgehead atoms. The lowest BCUT2D eigenvalue weighted by atomic mass is 10.0. The molecule has 6 nitrogen and oxygen atoms in total. The predicted molar refractivity (Wildman–Crippen MR) is 91.1 cm³/mol. The van der Waals surface area contributed by atoms with Gasteiger partial charge in [0.25, 0.3) is 5.91 Å². The molecule has 2 fully saturated rings. The highest BCUT2D eigenvalue weighted by Crippen LogP contribution is 2.41. The van der Waals surface area contributed by atoms with E-state index in [1.54, 1.807) is 0 Å². The van der Waals surface area contributed by atoms with Crippen molar-refractivity contribution in [2.75, 3.05) is 0 Å². The summed E-state index contributed by atoms with van der Waals surface area (Å²) >= 11 is 0. The monoisotopic (exact) mass is 323 g/mol. The largest absolute Gasteiger partial charge is 0.345 e. The van der Waals surface area contributed by atoms with Gasteiger partial charge in [-0.1, -0.05) is 42.5 Å². The van der Waals surface area contributed by atoms with Gasteiger partial charge in [0.2, 0.25) is 0 Å². The van der Waals surface area contributed by atoms with Crippen molar-refractivity contribution in [1.29, 1.82) is 0 Å². The molecule has 6 heteroatoms. The average molecular weight is 323 g/mol. The summed E-state index contributed by atoms with van der Waals surface area (Å²) in [4.78, 5) is 12.6. The van der Waals surface area contributed by atoms with E-state index >= 15 is 0 Å². The number of nitrogens with one attached hydrogen (secondary N) is 5. The molecule has 1 aliphatic heterocycles. The Morgan fingerprint density at radius 2 is 1.62 bits per heavy atom. The van der Waals surface area contributed by atoms with Crippen LogP contribution in [0, 0.1) is 5.92 Å². The molecule has 1 unspecified atom stereocenters. The zero-order valence-electron chi connectivity index (χ0n) is 13.3. The quantitative estimate of drug-likeness (QED) is 0.579. The minimum absolute atomic E-state index is 0.0223. The second-order valence-electron chi connectivity index (χ2n) is 6.29. The number of amides is 1. The van der Waals surface area contributed by atoms with Gasteiger partial charge >= 0.3 is 0 Å². The van der Waals surface area contributed by atoms with Crippen molar-refractivity contribution in [3.8, 4) is 0 Å². The van der Waals surface area contributed by atoms with Gasteiger partial charge in [-0.15, -0.1) is 0 Å². The van der Waals surface area contributed by atoms with Crippen LogP contribution in [0.15, 0.2) is 54.6 Å². The summed E-state index contributed by atoms with van der Waals surface area (Å²) in [5.41, 5.74) is 14.5. The lowest BCUT2D eigenvalue weighted by molar-refractivity contribution is 0.0931. The molecule has 1 aliphatic carbocycles. The van der Waals surface area contributed by atoms with Gasteiger partial charge in [-0.25, -0.2) is 10.9 Å². The van der Waals surface area contributed by atoms with Crippen LogP contribution in [-0.4, -0.2) is 5.91 Å². The Morgan fingerprint density at radius 1 is 0.958 bits per heavy atom. The standard InChI is InChI=1S/C18H21N5O/c24-18(15-10-8-14(9-11-15)17-20-22-23-21-17)19-16(13-6-7-13)12-4-2-1-3-5-12/h1-5,8-11,13,16-17,20-23H,6-7H2,(H,19,24). The van der Waals surface area contributed by atoms with Crippen molar-refractivity contribution in [2.45, 2.75) is 25.0 Å². The Kier molecular flexibility index (Phi) is 4.27. The first-order chi connectivity index (χ1) is 11.8. The van der Waals surface area contributed by atoms with Gasteiger partial charge in [0, 0.05) is 5.56 Å². The number of hydrogen-bond donors (Lipinski definition) is 5. The fraction of sp³-hybridized carbons (Fsp3) is 0.278. The number of carbonyl (C=O) groups excluding carboxylic acids is 1. The van der Waals surface area contributed by atoms with E-state index in [0.717, 1.165) is 5.56 Å². The van der Waals surface area contributed by atoms with Gasteiger partial charge in [0.1, 0.15) is 6.17 Å². The summed E-state index contributed by atoms with van der Waals surface area (Å²) in [6.07, 6.45) is 2.33. The van der Waals surface area contributed by atoms with Crippen molar-refractivity contribution in [3.05, 3.63) is 71.3 Å². The first-order valence-corrected chi connectivity index (χ1v) is 8.28. The Labute approximate surface area is 140 Å². The second kappa shape index (κ2) is 6.70. The molecule has 2 aromatic carbocycles. The van der Waals surface area contributed by atoms with Gasteiger partial charge in [0.15, 0.2) is 0 Å². The predicted octanol–water partition coefficient (Wildman–Crippen LogP) is 1.68. The maximum atomic E-state index is 12.6. The molecular weight excluding hydrogens is 302 g/mol. The van der Waals surface area contributed by atoms with Gasteiger partial charge in [-0.2, -0.15) is 11.1 Å². The van der Waals surface area contributed by atoms with Gasteiger partial charge in [0.05, 0.1) is 6.04 Å². The molecule has 2 aromatic rings. The number of benzene rings is 2. The summed E-state index contributed by atoms with van der Waals surface area (Å²) in [7, 11) is 0. The van der Waals surface area contributed by atoms with Crippen LogP contribution in [0.3, 0.4) is 0 Å². The van der Waals surface area contributed by atoms with E-state index in [0.29, 0.717) is 11.5 Å². The molecular formula is C18H21N5O. The average Bonchev–Trinajstić information content (AvgIpc) is 3.33. The molecule has 1 amide bonds. The summed E-state index contributed by atoms with van der Waals surface area (Å²) in [6.45, 7) is 0. The van der Waals surface area contributed by atoms with Gasteiger partial charge in [-0.05, 0) is 42.0 Å². The summed E-state index contributed by atoms with van der Waals surface area (Å²) in [5, 5.41) is 3.21. The third kappa shape index (κ3) is 3.32. The number of hydrazine groups is 3. The molecule has 0 spiro atoms. The van der Waals surface area contributed by atoms with Crippen LogP contribution in [0.25, 0.3) is 0 Å². The first-order valence-electron chi connectivity index (χ1n) is 8.28. The van der Waals surface area contributed by atoms with E-state index in [9.17, 15) is 4.79 Å². The molecule has 0 aromatic heterocycles. The van der Waals surface area contributed by atoms with Crippen molar-refractivity contribution >= 4 is 5.91 Å². The fourth-order valence-electron chi connectivity index (χ4n) is 3.03. The van der Waals surface area contributed by atoms with Crippen molar-refractivity contribution in [2.24, 2.45) is 5.92 Å². The third-order valence-electron chi connectivity index (χ3n) is 4.54. The van der Waals surface area contributed by atoms with E-state index in [2.05, 4.69) is 39.4 Å². The molecule has 1 saturated carbocycles. The minimum Gasteiger partial charge on any atom is -0.345 e. The van der Waals surface area contributed by atoms with Crippen molar-refractivity contribution < 1.29 is 4.79 Å². The molecule has 0 radical (unpaired) electrons. The molecule has 1 saturated heterocycles. The minimum atomic E-state index is -0.0226. The zero-order valence-corrected chi connectivity index (χ0v) is 13.3. The maximum absolute atomic E-state index is 12.6. The fourth-order valence-corrected chi connectivity index (χ4v) is 3.03. The lowest BCUT2D eigenvalue weighted by Gasteiger charge is -2.19. The van der Waals surface area contributed by atoms with E-state index < -0.39 is 0 Å². The van der Waals surface area contributed by atoms with Crippen molar-refractivity contribution in [1.82, 2.24) is 27.2 Å².